The molecular formula is C71H70. The molecule has 0 heteroatoms. The van der Waals surface area contributed by atoms with E-state index in [9.17, 15) is 0 Å². The first-order valence-electron chi connectivity index (χ1n) is 26.7. The highest BCUT2D eigenvalue weighted by atomic mass is 14.7. The molecule has 0 radical (unpaired) electrons. The van der Waals surface area contributed by atoms with E-state index in [4.69, 9.17) is 0 Å². The van der Waals surface area contributed by atoms with E-state index in [-0.39, 0.29) is 5.41 Å². The SMILES string of the molecule is CC.Cc1ccc(-c2ccc(-c3ccc(C45CC6CC7CC(C4)C7(C6)C5)cc3)cc2)cc1-c1ccccc1.Cc1ccc2c(c1)C(C)(C)c1ccccc1-2.Cc1ccccc1-c1cccc2ccccc12. The molecule has 5 aliphatic carbocycles. The Kier molecular flexibility index (Phi) is 12.3. The average Bonchev–Trinajstić information content (AvgIpc) is 3.85. The third kappa shape index (κ3) is 8.28. The zero-order chi connectivity index (χ0) is 48.9. The second-order valence-corrected chi connectivity index (χ2v) is 22.1. The summed E-state index contributed by atoms with van der Waals surface area (Å²) in [4.78, 5) is 0. The molecule has 354 valence electrons. The topological polar surface area (TPSA) is 0 Å². The molecule has 9 aromatic carbocycles. The zero-order valence-corrected chi connectivity index (χ0v) is 43.1. The van der Waals surface area contributed by atoms with Gasteiger partial charge in [-0.15, -0.1) is 0 Å². The van der Waals surface area contributed by atoms with Crippen molar-refractivity contribution < 1.29 is 0 Å². The number of fused-ring (bicyclic) bond motifs is 6. The minimum atomic E-state index is 0.151. The number of aryl methyl sites for hydroxylation is 3. The van der Waals surface area contributed by atoms with Crippen LogP contribution in [0.1, 0.15) is 99.6 Å². The highest BCUT2D eigenvalue weighted by Gasteiger charge is 2.70. The molecule has 0 N–H and O–H groups in total. The van der Waals surface area contributed by atoms with Crippen LogP contribution in [0.4, 0.5) is 0 Å². The molecule has 5 unspecified atom stereocenters. The lowest BCUT2D eigenvalue weighted by molar-refractivity contribution is -0.000160. The third-order valence-electron chi connectivity index (χ3n) is 17.8. The fourth-order valence-corrected chi connectivity index (χ4v) is 14.5. The molecule has 0 amide bonds. The van der Waals surface area contributed by atoms with Gasteiger partial charge in [0.05, 0.1) is 0 Å². The molecule has 3 bridgehead atoms. The predicted octanol–water partition coefficient (Wildman–Crippen LogP) is 19.6. The predicted molar refractivity (Wildman–Crippen MR) is 304 cm³/mol. The monoisotopic (exact) mass is 923 g/mol. The van der Waals surface area contributed by atoms with Gasteiger partial charge in [0.15, 0.2) is 0 Å². The second kappa shape index (κ2) is 18.8. The normalized spacial score (nSPS) is 22.0. The van der Waals surface area contributed by atoms with Gasteiger partial charge in [-0.25, -0.2) is 0 Å². The van der Waals surface area contributed by atoms with E-state index in [0.717, 1.165) is 23.2 Å². The smallest absolute Gasteiger partial charge is 0.0158 e. The van der Waals surface area contributed by atoms with Gasteiger partial charge in [-0.2, -0.15) is 0 Å². The summed E-state index contributed by atoms with van der Waals surface area (Å²) in [5.74, 6) is 3.12. The Morgan fingerprint density at radius 1 is 0.394 bits per heavy atom. The maximum Gasteiger partial charge on any atom is 0.0158 e. The molecule has 9 aromatic rings. The summed E-state index contributed by atoms with van der Waals surface area (Å²) in [6.45, 7) is 15.2. The molecule has 1 spiro atoms. The fourth-order valence-electron chi connectivity index (χ4n) is 14.5. The molecule has 0 nitrogen and oxygen atoms in total. The minimum absolute atomic E-state index is 0.151. The van der Waals surface area contributed by atoms with Gasteiger partial charge < -0.3 is 0 Å². The van der Waals surface area contributed by atoms with Crippen molar-refractivity contribution in [1.82, 2.24) is 0 Å². The van der Waals surface area contributed by atoms with Gasteiger partial charge in [0.25, 0.3) is 0 Å². The van der Waals surface area contributed by atoms with E-state index in [1.807, 2.05) is 13.8 Å². The van der Waals surface area contributed by atoms with Crippen LogP contribution in [0.3, 0.4) is 0 Å². The zero-order valence-electron chi connectivity index (χ0n) is 43.1. The highest BCUT2D eigenvalue weighted by molar-refractivity contribution is 5.97. The van der Waals surface area contributed by atoms with Gasteiger partial charge >= 0.3 is 0 Å². The van der Waals surface area contributed by atoms with Crippen LogP contribution in [0.2, 0.25) is 0 Å². The van der Waals surface area contributed by atoms with Crippen LogP contribution in [0.5, 0.6) is 0 Å². The molecule has 4 fully saturated rings. The quantitative estimate of drug-likeness (QED) is 0.161. The Labute approximate surface area is 424 Å². The first kappa shape index (κ1) is 46.6. The van der Waals surface area contributed by atoms with Crippen molar-refractivity contribution in [1.29, 1.82) is 0 Å². The maximum atomic E-state index is 2.48. The first-order valence-corrected chi connectivity index (χ1v) is 26.7. The second-order valence-electron chi connectivity index (χ2n) is 22.1. The van der Waals surface area contributed by atoms with Crippen molar-refractivity contribution in [3.05, 3.63) is 240 Å². The van der Waals surface area contributed by atoms with Crippen LogP contribution < -0.4 is 0 Å². The number of hydrogen-bond donors (Lipinski definition) is 0. The molecule has 0 saturated heterocycles. The molecule has 0 aliphatic heterocycles. The Balaban J connectivity index is 0.000000130. The van der Waals surface area contributed by atoms with Crippen molar-refractivity contribution >= 4 is 10.8 Å². The lowest BCUT2D eigenvalue weighted by Gasteiger charge is -2.49. The molecule has 5 atom stereocenters. The van der Waals surface area contributed by atoms with Crippen molar-refractivity contribution in [2.45, 2.75) is 97.8 Å². The molecule has 14 rings (SSSR count). The Hall–Kier alpha value is -6.76. The van der Waals surface area contributed by atoms with E-state index in [1.165, 1.54) is 126 Å². The van der Waals surface area contributed by atoms with E-state index < -0.39 is 0 Å². The first-order chi connectivity index (χ1) is 34.6. The summed E-state index contributed by atoms with van der Waals surface area (Å²) in [6, 6.07) is 75.6. The van der Waals surface area contributed by atoms with Gasteiger partial charge in [0.2, 0.25) is 0 Å². The van der Waals surface area contributed by atoms with Crippen LogP contribution in [-0.2, 0) is 10.8 Å². The Morgan fingerprint density at radius 3 is 1.75 bits per heavy atom. The minimum Gasteiger partial charge on any atom is -0.0683 e. The molecule has 0 heterocycles. The van der Waals surface area contributed by atoms with Crippen molar-refractivity contribution in [3.8, 4) is 55.6 Å². The summed E-state index contributed by atoms with van der Waals surface area (Å²) in [6.07, 6.45) is 9.05. The Bertz CT molecular complexity index is 3340. The van der Waals surface area contributed by atoms with Crippen LogP contribution in [-0.4, -0.2) is 0 Å². The molecule has 0 aromatic heterocycles. The highest BCUT2D eigenvalue weighted by Crippen LogP contribution is 2.79. The maximum absolute atomic E-state index is 2.48. The van der Waals surface area contributed by atoms with Gasteiger partial charge in [0, 0.05) is 5.41 Å². The Morgan fingerprint density at radius 2 is 0.986 bits per heavy atom. The number of rotatable bonds is 5. The standard InChI is InChI=1S/C36H34.C17H14.C16H16.C2H6/c1-24-7-8-30(18-34(24)29-5-3-2-4-6-29)28-11-9-26(10-12-28)27-13-15-31(16-14-27)35-20-25-17-32-19-33(22-35)36(32,21-25)23-35;1-13-7-2-4-10-15(13)17-12-6-9-14-8-3-5-11-16(14)17;1-11-8-9-13-12-6-4-5-7-14(12)16(2,3)15(13)10-11;1-2/h2-16,18,25,32-33H,17,19-23H2,1H3;2-12H,1H3;4-10H,1-3H3;1-2H3. The third-order valence-corrected chi connectivity index (χ3v) is 17.8. The average molecular weight is 923 g/mol. The van der Waals surface area contributed by atoms with Gasteiger partial charge in [0.1, 0.15) is 0 Å². The van der Waals surface area contributed by atoms with Crippen molar-refractivity contribution in [2.75, 3.05) is 0 Å². The summed E-state index contributed by atoms with van der Waals surface area (Å²) in [5.41, 5.74) is 23.2. The number of benzene rings is 9. The molecular weight excluding hydrogens is 853 g/mol. The molecule has 4 saturated carbocycles. The summed E-state index contributed by atoms with van der Waals surface area (Å²) in [7, 11) is 0. The lowest BCUT2D eigenvalue weighted by Crippen LogP contribution is -2.42. The van der Waals surface area contributed by atoms with E-state index in [2.05, 4.69) is 241 Å². The largest absolute Gasteiger partial charge is 0.0683 e. The molecule has 71 heavy (non-hydrogen) atoms. The lowest BCUT2D eigenvalue weighted by atomic mass is 9.55. The summed E-state index contributed by atoms with van der Waals surface area (Å²) < 4.78 is 0. The van der Waals surface area contributed by atoms with Gasteiger partial charge in [-0.3, -0.25) is 0 Å². The van der Waals surface area contributed by atoms with E-state index in [0.29, 0.717) is 5.41 Å². The van der Waals surface area contributed by atoms with Crippen LogP contribution in [0, 0.1) is 43.9 Å². The van der Waals surface area contributed by atoms with Crippen LogP contribution in [0.15, 0.2) is 206 Å². The van der Waals surface area contributed by atoms with Crippen LogP contribution >= 0.6 is 0 Å². The van der Waals surface area contributed by atoms with Crippen molar-refractivity contribution in [2.24, 2.45) is 23.2 Å². The van der Waals surface area contributed by atoms with Gasteiger partial charge in [-0.1, -0.05) is 233 Å². The van der Waals surface area contributed by atoms with E-state index in [1.54, 1.807) is 12.0 Å². The number of hydrogen-bond acceptors (Lipinski definition) is 0. The molecule has 5 aliphatic rings. The van der Waals surface area contributed by atoms with Gasteiger partial charge in [-0.05, 0) is 188 Å². The summed E-state index contributed by atoms with van der Waals surface area (Å²) >= 11 is 0. The fraction of sp³-hybridized carbons (Fsp3) is 0.268. The van der Waals surface area contributed by atoms with E-state index >= 15 is 0 Å². The van der Waals surface area contributed by atoms with Crippen molar-refractivity contribution in [3.63, 3.8) is 0 Å². The summed E-state index contributed by atoms with van der Waals surface area (Å²) in [5, 5.41) is 2.62. The van der Waals surface area contributed by atoms with Crippen LogP contribution in [0.25, 0.3) is 66.4 Å².